The second-order valence-corrected chi connectivity index (χ2v) is 3.96. The molecule has 0 aliphatic heterocycles. The van der Waals surface area contributed by atoms with Crippen LogP contribution in [0.15, 0.2) is 24.3 Å². The third-order valence-corrected chi connectivity index (χ3v) is 2.42. The average molecular weight is 221 g/mol. The van der Waals surface area contributed by atoms with Crippen LogP contribution in [-0.2, 0) is 0 Å². The smallest absolute Gasteiger partial charge is 0.253 e. The Hall–Kier alpha value is -1.55. The zero-order valence-electron chi connectivity index (χ0n) is 10.1. The van der Waals surface area contributed by atoms with Gasteiger partial charge in [-0.15, -0.1) is 0 Å². The number of rotatable bonds is 4. The highest BCUT2D eigenvalue weighted by molar-refractivity contribution is 5.95. The van der Waals surface area contributed by atoms with Gasteiger partial charge >= 0.3 is 0 Å². The fourth-order valence-corrected chi connectivity index (χ4v) is 1.43. The van der Waals surface area contributed by atoms with Crippen LogP contribution in [0.3, 0.4) is 0 Å². The molecule has 0 saturated heterocycles. The van der Waals surface area contributed by atoms with E-state index in [0.29, 0.717) is 18.7 Å². The maximum absolute atomic E-state index is 12.0. The van der Waals surface area contributed by atoms with Crippen LogP contribution in [0.2, 0.25) is 0 Å². The van der Waals surface area contributed by atoms with Crippen LogP contribution in [0.1, 0.15) is 10.4 Å². The molecule has 1 rings (SSSR count). The highest BCUT2D eigenvalue weighted by atomic mass is 16.2. The van der Waals surface area contributed by atoms with E-state index in [-0.39, 0.29) is 5.91 Å². The first-order valence-electron chi connectivity index (χ1n) is 5.29. The third-order valence-electron chi connectivity index (χ3n) is 2.42. The number of hydrogen-bond donors (Lipinski definition) is 1. The van der Waals surface area contributed by atoms with Crippen molar-refractivity contribution in [2.45, 2.75) is 0 Å². The molecule has 0 radical (unpaired) electrons. The molecule has 0 bridgehead atoms. The van der Waals surface area contributed by atoms with Gasteiger partial charge in [0.15, 0.2) is 0 Å². The van der Waals surface area contributed by atoms with Crippen LogP contribution >= 0.6 is 0 Å². The summed E-state index contributed by atoms with van der Waals surface area (Å²) in [6.07, 6.45) is 0. The van der Waals surface area contributed by atoms with Gasteiger partial charge in [-0.2, -0.15) is 0 Å². The number of hydrogen-bond acceptors (Lipinski definition) is 3. The Labute approximate surface area is 96.6 Å². The maximum atomic E-state index is 12.0. The molecule has 0 atom stereocenters. The van der Waals surface area contributed by atoms with Crippen molar-refractivity contribution in [3.05, 3.63) is 29.8 Å². The summed E-state index contributed by atoms with van der Waals surface area (Å²) in [6.45, 7) is 1.06. The summed E-state index contributed by atoms with van der Waals surface area (Å²) in [4.78, 5) is 15.6. The van der Waals surface area contributed by atoms with Gasteiger partial charge in [0.2, 0.25) is 0 Å². The number of anilines is 1. The summed E-state index contributed by atoms with van der Waals surface area (Å²) in [7, 11) is 5.66. The largest absolute Gasteiger partial charge is 0.378 e. The predicted octanol–water partition coefficient (Wildman–Crippen LogP) is 0.783. The van der Waals surface area contributed by atoms with Gasteiger partial charge in [-0.25, -0.2) is 0 Å². The number of carbonyl (C=O) groups is 1. The minimum Gasteiger partial charge on any atom is -0.378 e. The van der Waals surface area contributed by atoms with E-state index >= 15 is 0 Å². The highest BCUT2D eigenvalue weighted by Crippen LogP contribution is 2.14. The molecule has 0 unspecified atom stereocenters. The van der Waals surface area contributed by atoms with Gasteiger partial charge < -0.3 is 15.5 Å². The van der Waals surface area contributed by atoms with Crippen LogP contribution in [0.25, 0.3) is 0 Å². The third kappa shape index (κ3) is 2.97. The Bertz CT molecular complexity index is 363. The van der Waals surface area contributed by atoms with E-state index in [2.05, 4.69) is 0 Å². The van der Waals surface area contributed by atoms with Crippen molar-refractivity contribution in [3.63, 3.8) is 0 Å². The van der Waals surface area contributed by atoms with Crippen molar-refractivity contribution in [1.29, 1.82) is 0 Å². The van der Waals surface area contributed by atoms with E-state index in [1.54, 1.807) is 11.9 Å². The molecule has 0 spiro atoms. The van der Waals surface area contributed by atoms with Gasteiger partial charge in [0.05, 0.1) is 0 Å². The van der Waals surface area contributed by atoms with Crippen molar-refractivity contribution in [2.24, 2.45) is 5.73 Å². The van der Waals surface area contributed by atoms with Crippen molar-refractivity contribution < 1.29 is 4.79 Å². The van der Waals surface area contributed by atoms with E-state index in [4.69, 9.17) is 5.73 Å². The van der Waals surface area contributed by atoms with E-state index in [1.165, 1.54) is 0 Å². The lowest BCUT2D eigenvalue weighted by Gasteiger charge is -2.18. The minimum absolute atomic E-state index is 0.00847. The predicted molar refractivity (Wildman–Crippen MR) is 66.8 cm³/mol. The lowest BCUT2D eigenvalue weighted by atomic mass is 10.1. The monoisotopic (exact) mass is 221 g/mol. The molecule has 2 N–H and O–H groups in total. The molecule has 1 amide bonds. The molecular formula is C12H19N3O. The van der Waals surface area contributed by atoms with Crippen LogP contribution in [-0.4, -0.2) is 45.0 Å². The van der Waals surface area contributed by atoms with Crippen LogP contribution in [0.5, 0.6) is 0 Å². The Morgan fingerprint density at radius 1 is 1.31 bits per heavy atom. The van der Waals surface area contributed by atoms with Crippen molar-refractivity contribution in [3.8, 4) is 0 Å². The van der Waals surface area contributed by atoms with E-state index in [0.717, 1.165) is 5.69 Å². The molecule has 4 heteroatoms. The Morgan fingerprint density at radius 3 is 2.56 bits per heavy atom. The second kappa shape index (κ2) is 5.51. The molecule has 0 saturated carbocycles. The normalized spacial score (nSPS) is 10.0. The summed E-state index contributed by atoms with van der Waals surface area (Å²) < 4.78 is 0. The van der Waals surface area contributed by atoms with E-state index in [9.17, 15) is 4.79 Å². The van der Waals surface area contributed by atoms with Gasteiger partial charge in [0, 0.05) is 45.5 Å². The van der Waals surface area contributed by atoms with Gasteiger partial charge in [-0.3, -0.25) is 4.79 Å². The standard InChI is InChI=1S/C12H19N3O/c1-14(2)11-6-4-5-10(9-11)12(16)15(3)8-7-13/h4-6,9H,7-8,13H2,1-3H3. The summed E-state index contributed by atoms with van der Waals surface area (Å²) in [5.74, 6) is 0.00847. The second-order valence-electron chi connectivity index (χ2n) is 3.96. The summed E-state index contributed by atoms with van der Waals surface area (Å²) in [5, 5.41) is 0. The number of amides is 1. The Morgan fingerprint density at radius 2 is 2.00 bits per heavy atom. The molecule has 0 aliphatic carbocycles. The SMILES string of the molecule is CN(CCN)C(=O)c1cccc(N(C)C)c1. The molecule has 1 aromatic carbocycles. The number of nitrogens with two attached hydrogens (primary N) is 1. The minimum atomic E-state index is 0.00847. The number of benzene rings is 1. The van der Waals surface area contributed by atoms with Gasteiger partial charge in [0.1, 0.15) is 0 Å². The van der Waals surface area contributed by atoms with Gasteiger partial charge in [-0.1, -0.05) is 6.07 Å². The quantitative estimate of drug-likeness (QED) is 0.817. The van der Waals surface area contributed by atoms with Crippen LogP contribution in [0, 0.1) is 0 Å². The van der Waals surface area contributed by atoms with Gasteiger partial charge in [0.25, 0.3) is 5.91 Å². The van der Waals surface area contributed by atoms with Crippen molar-refractivity contribution in [1.82, 2.24) is 4.90 Å². The molecule has 16 heavy (non-hydrogen) atoms. The molecule has 0 heterocycles. The molecular weight excluding hydrogens is 202 g/mol. The first-order chi connectivity index (χ1) is 7.56. The molecule has 0 aromatic heterocycles. The van der Waals surface area contributed by atoms with E-state index < -0.39 is 0 Å². The summed E-state index contributed by atoms with van der Waals surface area (Å²) in [6, 6.07) is 7.57. The maximum Gasteiger partial charge on any atom is 0.253 e. The highest BCUT2D eigenvalue weighted by Gasteiger charge is 2.11. The molecule has 0 fully saturated rings. The lowest BCUT2D eigenvalue weighted by molar-refractivity contribution is 0.0799. The fourth-order valence-electron chi connectivity index (χ4n) is 1.43. The molecule has 4 nitrogen and oxygen atoms in total. The molecule has 1 aromatic rings. The number of carbonyl (C=O) groups excluding carboxylic acids is 1. The Kier molecular flexibility index (Phi) is 4.31. The number of nitrogens with zero attached hydrogens (tertiary/aromatic N) is 2. The van der Waals surface area contributed by atoms with E-state index in [1.807, 2.05) is 43.3 Å². The first kappa shape index (κ1) is 12.5. The van der Waals surface area contributed by atoms with Crippen LogP contribution in [0.4, 0.5) is 5.69 Å². The first-order valence-corrected chi connectivity index (χ1v) is 5.29. The Balaban J connectivity index is 2.87. The zero-order chi connectivity index (χ0) is 12.1. The van der Waals surface area contributed by atoms with Crippen molar-refractivity contribution >= 4 is 11.6 Å². The van der Waals surface area contributed by atoms with Gasteiger partial charge in [-0.05, 0) is 18.2 Å². The zero-order valence-corrected chi connectivity index (χ0v) is 10.1. The average Bonchev–Trinajstić information content (AvgIpc) is 2.28. The molecule has 88 valence electrons. The summed E-state index contributed by atoms with van der Waals surface area (Å²) >= 11 is 0. The lowest BCUT2D eigenvalue weighted by Crippen LogP contribution is -2.31. The summed E-state index contributed by atoms with van der Waals surface area (Å²) in [5.41, 5.74) is 7.14. The fraction of sp³-hybridized carbons (Fsp3) is 0.417. The van der Waals surface area contributed by atoms with Crippen molar-refractivity contribution in [2.75, 3.05) is 39.1 Å². The number of likely N-dealkylation sites (N-methyl/N-ethyl adjacent to an activating group) is 1. The topological polar surface area (TPSA) is 49.6 Å². The molecule has 0 aliphatic rings. The van der Waals surface area contributed by atoms with Crippen LogP contribution < -0.4 is 10.6 Å².